The molecule has 1 fully saturated rings. The van der Waals surface area contributed by atoms with Gasteiger partial charge in [-0.25, -0.2) is 4.98 Å². The summed E-state index contributed by atoms with van der Waals surface area (Å²) in [4.78, 5) is 13.9. The highest BCUT2D eigenvalue weighted by atomic mass is 127. The summed E-state index contributed by atoms with van der Waals surface area (Å²) < 4.78 is 0. The zero-order valence-corrected chi connectivity index (χ0v) is 22.2. The van der Waals surface area contributed by atoms with Crippen LogP contribution in [0.1, 0.15) is 29.1 Å². The van der Waals surface area contributed by atoms with E-state index >= 15 is 0 Å². The van der Waals surface area contributed by atoms with Crippen LogP contribution >= 0.6 is 35.3 Å². The molecule has 0 aliphatic carbocycles. The van der Waals surface area contributed by atoms with Gasteiger partial charge in [-0.15, -0.1) is 35.3 Å². The third kappa shape index (κ3) is 8.94. The van der Waals surface area contributed by atoms with E-state index in [0.717, 1.165) is 68.8 Å². The van der Waals surface area contributed by atoms with Crippen molar-refractivity contribution in [2.75, 3.05) is 57.8 Å². The molecule has 3 rings (SSSR count). The van der Waals surface area contributed by atoms with Crippen LogP contribution in [-0.2, 0) is 6.42 Å². The molecule has 31 heavy (non-hydrogen) atoms. The molecule has 0 amide bonds. The number of aromatic nitrogens is 1. The number of thiazole rings is 1. The number of hydrogen-bond donors (Lipinski definition) is 2. The van der Waals surface area contributed by atoms with Crippen LogP contribution in [0.25, 0.3) is 0 Å². The van der Waals surface area contributed by atoms with Gasteiger partial charge in [0, 0.05) is 63.8 Å². The van der Waals surface area contributed by atoms with E-state index in [1.807, 2.05) is 14.0 Å². The molecule has 1 aliphatic heterocycles. The number of guanidine groups is 1. The standard InChI is InChI=1S/C23H36N6S.HI/c1-19-7-6-8-22(17-19)29-15-13-28(14-16-29)12-5-4-10-25-23(24-3)26-11-9-21-18-30-20(2)27-21;/h6-8,17-18H,4-5,9-16H2,1-3H3,(H2,24,25,26);1H. The lowest BCUT2D eigenvalue weighted by Gasteiger charge is -2.36. The number of aryl methyl sites for hydroxylation is 2. The van der Waals surface area contributed by atoms with Crippen molar-refractivity contribution in [3.8, 4) is 0 Å². The largest absolute Gasteiger partial charge is 0.369 e. The number of rotatable bonds is 9. The Bertz CT molecular complexity index is 801. The lowest BCUT2D eigenvalue weighted by atomic mass is 10.2. The average molecular weight is 557 g/mol. The molecule has 2 N–H and O–H groups in total. The monoisotopic (exact) mass is 556 g/mol. The Hall–Kier alpha value is -1.39. The van der Waals surface area contributed by atoms with Gasteiger partial charge in [-0.05, 0) is 50.9 Å². The molecular weight excluding hydrogens is 519 g/mol. The summed E-state index contributed by atoms with van der Waals surface area (Å²) in [5, 5.41) is 10.1. The topological polar surface area (TPSA) is 55.8 Å². The maximum absolute atomic E-state index is 4.50. The number of aliphatic imine (C=N–C) groups is 1. The van der Waals surface area contributed by atoms with Crippen molar-refractivity contribution in [2.45, 2.75) is 33.1 Å². The van der Waals surface area contributed by atoms with Crippen molar-refractivity contribution in [3.63, 3.8) is 0 Å². The summed E-state index contributed by atoms with van der Waals surface area (Å²) in [6.07, 6.45) is 3.30. The van der Waals surface area contributed by atoms with E-state index in [9.17, 15) is 0 Å². The van der Waals surface area contributed by atoms with Crippen molar-refractivity contribution in [1.29, 1.82) is 0 Å². The molecule has 1 aromatic carbocycles. The molecule has 6 nitrogen and oxygen atoms in total. The van der Waals surface area contributed by atoms with Crippen molar-refractivity contribution in [1.82, 2.24) is 20.5 Å². The SMILES string of the molecule is CN=C(NCCCCN1CCN(c2cccc(C)c2)CC1)NCCc1csc(C)n1.I. The van der Waals surface area contributed by atoms with Crippen molar-refractivity contribution < 1.29 is 0 Å². The molecule has 0 radical (unpaired) electrons. The molecule has 8 heteroatoms. The van der Waals surface area contributed by atoms with Gasteiger partial charge in [-0.2, -0.15) is 0 Å². The van der Waals surface area contributed by atoms with Crippen molar-refractivity contribution in [2.24, 2.45) is 4.99 Å². The molecule has 1 aliphatic rings. The van der Waals surface area contributed by atoms with Crippen molar-refractivity contribution >= 4 is 47.0 Å². The number of piperazine rings is 1. The van der Waals surface area contributed by atoms with Gasteiger partial charge in [-0.1, -0.05) is 12.1 Å². The third-order valence-electron chi connectivity index (χ3n) is 5.50. The number of nitrogens with zero attached hydrogens (tertiary/aromatic N) is 4. The van der Waals surface area contributed by atoms with Crippen LogP contribution < -0.4 is 15.5 Å². The van der Waals surface area contributed by atoms with Gasteiger partial charge in [0.15, 0.2) is 5.96 Å². The second kappa shape index (κ2) is 13.9. The van der Waals surface area contributed by atoms with Gasteiger partial charge in [0.05, 0.1) is 10.7 Å². The van der Waals surface area contributed by atoms with Crippen LogP contribution in [0.15, 0.2) is 34.6 Å². The van der Waals surface area contributed by atoms with Gasteiger partial charge in [0.1, 0.15) is 0 Å². The van der Waals surface area contributed by atoms with Gasteiger partial charge in [0.25, 0.3) is 0 Å². The zero-order chi connectivity index (χ0) is 21.2. The third-order valence-corrected chi connectivity index (χ3v) is 6.32. The Morgan fingerprint density at radius 2 is 1.87 bits per heavy atom. The zero-order valence-electron chi connectivity index (χ0n) is 19.1. The van der Waals surface area contributed by atoms with Gasteiger partial charge in [-0.3, -0.25) is 9.89 Å². The van der Waals surface area contributed by atoms with Crippen LogP contribution in [-0.4, -0.2) is 68.7 Å². The van der Waals surface area contributed by atoms with Crippen molar-refractivity contribution in [3.05, 3.63) is 45.9 Å². The second-order valence-electron chi connectivity index (χ2n) is 7.91. The summed E-state index contributed by atoms with van der Waals surface area (Å²) in [5.41, 5.74) is 3.86. The van der Waals surface area contributed by atoms with E-state index in [1.54, 1.807) is 11.3 Å². The van der Waals surface area contributed by atoms with Crippen LogP contribution in [0, 0.1) is 13.8 Å². The highest BCUT2D eigenvalue weighted by Gasteiger charge is 2.16. The summed E-state index contributed by atoms with van der Waals surface area (Å²) >= 11 is 1.71. The smallest absolute Gasteiger partial charge is 0.190 e. The molecule has 1 aromatic heterocycles. The van der Waals surface area contributed by atoms with Gasteiger partial charge >= 0.3 is 0 Å². The first-order valence-corrected chi connectivity index (χ1v) is 11.9. The number of benzene rings is 1. The number of nitrogens with one attached hydrogen (secondary N) is 2. The normalized spacial score (nSPS) is 14.9. The number of unbranched alkanes of at least 4 members (excludes halogenated alkanes) is 1. The van der Waals surface area contributed by atoms with Crippen LogP contribution in [0.5, 0.6) is 0 Å². The quantitative estimate of drug-likeness (QED) is 0.214. The molecule has 0 bridgehead atoms. The Morgan fingerprint density at radius 3 is 2.55 bits per heavy atom. The lowest BCUT2D eigenvalue weighted by molar-refractivity contribution is 0.253. The highest BCUT2D eigenvalue weighted by Crippen LogP contribution is 2.17. The van der Waals surface area contributed by atoms with Gasteiger partial charge in [0.2, 0.25) is 0 Å². The number of halogens is 1. The first-order chi connectivity index (χ1) is 14.6. The maximum atomic E-state index is 4.50. The lowest BCUT2D eigenvalue weighted by Crippen LogP contribution is -2.46. The summed E-state index contributed by atoms with van der Waals surface area (Å²) in [6.45, 7) is 11.8. The molecule has 172 valence electrons. The van der Waals surface area contributed by atoms with Crippen LogP contribution in [0.3, 0.4) is 0 Å². The predicted octanol–water partition coefficient (Wildman–Crippen LogP) is 3.69. The van der Waals surface area contributed by atoms with E-state index in [2.05, 4.69) is 67.0 Å². The van der Waals surface area contributed by atoms with E-state index in [-0.39, 0.29) is 24.0 Å². The van der Waals surface area contributed by atoms with E-state index in [1.165, 1.54) is 24.2 Å². The van der Waals surface area contributed by atoms with E-state index < -0.39 is 0 Å². The summed E-state index contributed by atoms with van der Waals surface area (Å²) in [5.74, 6) is 0.883. The molecular formula is C23H37IN6S. The molecule has 1 saturated heterocycles. The van der Waals surface area contributed by atoms with Gasteiger partial charge < -0.3 is 15.5 Å². The minimum atomic E-state index is 0. The molecule has 0 spiro atoms. The van der Waals surface area contributed by atoms with E-state index in [4.69, 9.17) is 0 Å². The Labute approximate surface area is 208 Å². The fourth-order valence-electron chi connectivity index (χ4n) is 3.77. The average Bonchev–Trinajstić information content (AvgIpc) is 3.17. The molecule has 2 aromatic rings. The first kappa shape index (κ1) is 25.9. The minimum Gasteiger partial charge on any atom is -0.369 e. The second-order valence-corrected chi connectivity index (χ2v) is 8.97. The minimum absolute atomic E-state index is 0. The maximum Gasteiger partial charge on any atom is 0.190 e. The Morgan fingerprint density at radius 1 is 1.10 bits per heavy atom. The molecule has 0 atom stereocenters. The Balaban J connectivity index is 0.00000341. The summed E-state index contributed by atoms with van der Waals surface area (Å²) in [7, 11) is 1.83. The molecule has 0 unspecified atom stereocenters. The summed E-state index contributed by atoms with van der Waals surface area (Å²) in [6, 6.07) is 8.85. The fourth-order valence-corrected chi connectivity index (χ4v) is 4.42. The number of anilines is 1. The molecule has 2 heterocycles. The first-order valence-electron chi connectivity index (χ1n) is 11.0. The van der Waals surface area contributed by atoms with Crippen LogP contribution in [0.2, 0.25) is 0 Å². The molecule has 0 saturated carbocycles. The fraction of sp³-hybridized carbons (Fsp3) is 0.565. The highest BCUT2D eigenvalue weighted by molar-refractivity contribution is 14.0. The predicted molar refractivity (Wildman–Crippen MR) is 144 cm³/mol. The van der Waals surface area contributed by atoms with E-state index in [0.29, 0.717) is 0 Å². The number of hydrogen-bond acceptors (Lipinski definition) is 5. The Kier molecular flexibility index (Phi) is 11.6. The van der Waals surface area contributed by atoms with Crippen LogP contribution in [0.4, 0.5) is 5.69 Å².